The Hall–Kier alpha value is -1.22. The molecule has 0 unspecified atom stereocenters. The number of rotatable bonds is 5. The van der Waals surface area contributed by atoms with Crippen molar-refractivity contribution in [3.63, 3.8) is 0 Å². The monoisotopic (exact) mass is 314 g/mol. The van der Waals surface area contributed by atoms with Crippen LogP contribution in [0.4, 0.5) is 5.82 Å². The van der Waals surface area contributed by atoms with Gasteiger partial charge in [-0.3, -0.25) is 4.90 Å². The van der Waals surface area contributed by atoms with Crippen molar-refractivity contribution in [2.24, 2.45) is 5.92 Å². The molecule has 0 radical (unpaired) electrons. The maximum absolute atomic E-state index is 11.9. The zero-order chi connectivity index (χ0) is 15.6. The fraction of sp³-hybridized carbons (Fsp3) is 0.615. The Bertz CT molecular complexity index is 591. The number of nitrogens with two attached hydrogens (primary N) is 1. The highest BCUT2D eigenvalue weighted by molar-refractivity contribution is 7.89. The van der Waals surface area contributed by atoms with Crippen molar-refractivity contribution in [2.75, 3.05) is 38.7 Å². The normalized spacial score (nSPS) is 23.8. The third kappa shape index (κ3) is 3.91. The maximum atomic E-state index is 11.9. The first-order chi connectivity index (χ1) is 9.79. The van der Waals surface area contributed by atoms with Crippen LogP contribution in [0.1, 0.15) is 5.56 Å². The number of nitrogen functional groups attached to an aromatic ring is 1. The van der Waals surface area contributed by atoms with Crippen molar-refractivity contribution in [3.8, 4) is 0 Å². The first kappa shape index (κ1) is 16.2. The molecule has 0 saturated carbocycles. The molecule has 1 aromatic heterocycles. The van der Waals surface area contributed by atoms with Gasteiger partial charge in [0.1, 0.15) is 5.82 Å². The van der Waals surface area contributed by atoms with Gasteiger partial charge in [0.2, 0.25) is 10.0 Å². The molecule has 0 aromatic carbocycles. The summed E-state index contributed by atoms with van der Waals surface area (Å²) in [5.74, 6) is 0.145. The van der Waals surface area contributed by atoms with E-state index in [4.69, 9.17) is 5.73 Å². The summed E-state index contributed by atoms with van der Waals surface area (Å²) in [7, 11) is -0.300. The zero-order valence-corrected chi connectivity index (χ0v) is 13.1. The number of aliphatic hydroxyl groups is 1. The van der Waals surface area contributed by atoms with Crippen LogP contribution < -0.4 is 5.73 Å². The average molecular weight is 314 g/mol. The molecule has 1 aromatic rings. The molecule has 7 nitrogen and oxygen atoms in total. The Morgan fingerprint density at radius 2 is 2.19 bits per heavy atom. The van der Waals surface area contributed by atoms with E-state index < -0.39 is 16.1 Å². The molecular formula is C13H22N4O3S. The Balaban J connectivity index is 2.00. The van der Waals surface area contributed by atoms with Crippen LogP contribution in [0.2, 0.25) is 0 Å². The Morgan fingerprint density at radius 3 is 2.81 bits per heavy atom. The number of pyridine rings is 1. The molecule has 118 valence electrons. The lowest BCUT2D eigenvalue weighted by Gasteiger charge is -2.18. The summed E-state index contributed by atoms with van der Waals surface area (Å²) in [6.07, 6.45) is 0.988. The van der Waals surface area contributed by atoms with Crippen LogP contribution in [0.25, 0.3) is 0 Å². The highest BCUT2D eigenvalue weighted by atomic mass is 32.2. The average Bonchev–Trinajstić information content (AvgIpc) is 2.72. The highest BCUT2D eigenvalue weighted by Crippen LogP contribution is 2.22. The van der Waals surface area contributed by atoms with Crippen LogP contribution in [0.5, 0.6) is 0 Å². The van der Waals surface area contributed by atoms with Gasteiger partial charge >= 0.3 is 0 Å². The minimum Gasteiger partial charge on any atom is -0.391 e. The van der Waals surface area contributed by atoms with Gasteiger partial charge in [-0.05, 0) is 6.07 Å². The van der Waals surface area contributed by atoms with Crippen molar-refractivity contribution in [2.45, 2.75) is 12.6 Å². The maximum Gasteiger partial charge on any atom is 0.214 e. The van der Waals surface area contributed by atoms with Crippen molar-refractivity contribution >= 4 is 15.8 Å². The number of β-amino-alcohol motifs (C(OH)–C–C–N with tert-alkyl or cyclic N) is 1. The van der Waals surface area contributed by atoms with Crippen LogP contribution in [0.3, 0.4) is 0 Å². The number of aliphatic hydroxyl groups excluding tert-OH is 1. The second kappa shape index (κ2) is 6.27. The topological polar surface area (TPSA) is 99.8 Å². The van der Waals surface area contributed by atoms with Gasteiger partial charge in [-0.25, -0.2) is 17.7 Å². The smallest absolute Gasteiger partial charge is 0.214 e. The lowest BCUT2D eigenvalue weighted by atomic mass is 10.1. The summed E-state index contributed by atoms with van der Waals surface area (Å²) in [5, 5.41) is 10.1. The third-order valence-electron chi connectivity index (χ3n) is 3.78. The molecule has 2 rings (SSSR count). The summed E-state index contributed by atoms with van der Waals surface area (Å²) in [6, 6.07) is 3.70. The van der Waals surface area contributed by atoms with Crippen LogP contribution in [-0.4, -0.2) is 66.8 Å². The molecular weight excluding hydrogens is 292 g/mol. The Morgan fingerprint density at radius 1 is 1.48 bits per heavy atom. The molecule has 0 bridgehead atoms. The summed E-state index contributed by atoms with van der Waals surface area (Å²) in [6.45, 7) is 1.54. The molecule has 2 heterocycles. The Kier molecular flexibility index (Phi) is 4.82. The number of likely N-dealkylation sites (tertiary alicyclic amines) is 1. The van der Waals surface area contributed by atoms with Gasteiger partial charge < -0.3 is 10.8 Å². The minimum absolute atomic E-state index is 0.0415. The van der Waals surface area contributed by atoms with E-state index in [2.05, 4.69) is 4.98 Å². The molecule has 1 aliphatic heterocycles. The number of hydrogen-bond acceptors (Lipinski definition) is 6. The van der Waals surface area contributed by atoms with Gasteiger partial charge in [-0.1, -0.05) is 6.07 Å². The minimum atomic E-state index is -3.31. The molecule has 1 fully saturated rings. The summed E-state index contributed by atoms with van der Waals surface area (Å²) >= 11 is 0. The van der Waals surface area contributed by atoms with E-state index >= 15 is 0 Å². The van der Waals surface area contributed by atoms with Gasteiger partial charge in [0, 0.05) is 51.4 Å². The summed E-state index contributed by atoms with van der Waals surface area (Å²) < 4.78 is 25.0. The molecule has 3 N–H and O–H groups in total. The first-order valence-electron chi connectivity index (χ1n) is 6.79. The highest BCUT2D eigenvalue weighted by Gasteiger charge is 2.35. The molecule has 8 heteroatoms. The predicted molar refractivity (Wildman–Crippen MR) is 80.9 cm³/mol. The largest absolute Gasteiger partial charge is 0.391 e. The summed E-state index contributed by atoms with van der Waals surface area (Å²) in [5.41, 5.74) is 6.70. The standard InChI is InChI=1S/C13H22N4O3S/c1-16(2)21(19,20)9-11-7-17(8-12(11)18)6-10-4-3-5-15-13(10)14/h3-5,11-12,18H,6-9H2,1-2H3,(H2,14,15)/t11-,12+/m0/s1. The Labute approximate surface area is 125 Å². The third-order valence-corrected chi connectivity index (χ3v) is 5.75. The SMILES string of the molecule is CN(C)S(=O)(=O)C[C@@H]1CN(Cc2cccnc2N)C[C@H]1O. The van der Waals surface area contributed by atoms with Gasteiger partial charge in [0.15, 0.2) is 0 Å². The van der Waals surface area contributed by atoms with E-state index in [0.717, 1.165) is 5.56 Å². The van der Waals surface area contributed by atoms with Crippen molar-refractivity contribution in [1.82, 2.24) is 14.2 Å². The number of anilines is 1. The first-order valence-corrected chi connectivity index (χ1v) is 8.40. The summed E-state index contributed by atoms with van der Waals surface area (Å²) in [4.78, 5) is 6.04. The van der Waals surface area contributed by atoms with Crippen molar-refractivity contribution in [1.29, 1.82) is 0 Å². The van der Waals surface area contributed by atoms with E-state index in [0.29, 0.717) is 25.5 Å². The van der Waals surface area contributed by atoms with Crippen LogP contribution in [0, 0.1) is 5.92 Å². The van der Waals surface area contributed by atoms with E-state index in [9.17, 15) is 13.5 Å². The van der Waals surface area contributed by atoms with Crippen molar-refractivity contribution in [3.05, 3.63) is 23.9 Å². The van der Waals surface area contributed by atoms with Crippen LogP contribution in [0.15, 0.2) is 18.3 Å². The lowest BCUT2D eigenvalue weighted by molar-refractivity contribution is 0.148. The molecule has 1 saturated heterocycles. The zero-order valence-electron chi connectivity index (χ0n) is 12.3. The van der Waals surface area contributed by atoms with Crippen molar-refractivity contribution < 1.29 is 13.5 Å². The fourth-order valence-corrected chi connectivity index (χ4v) is 3.65. The number of aromatic nitrogens is 1. The fourth-order valence-electron chi connectivity index (χ4n) is 2.48. The van der Waals surface area contributed by atoms with E-state index in [1.807, 2.05) is 17.0 Å². The molecule has 1 aliphatic rings. The van der Waals surface area contributed by atoms with Crippen LogP contribution in [-0.2, 0) is 16.6 Å². The molecule has 0 aliphatic carbocycles. The lowest BCUT2D eigenvalue weighted by Crippen LogP contribution is -2.33. The molecule has 2 atom stereocenters. The number of nitrogens with zero attached hydrogens (tertiary/aromatic N) is 3. The van der Waals surface area contributed by atoms with Crippen LogP contribution >= 0.6 is 0 Å². The second-order valence-corrected chi connectivity index (χ2v) is 7.86. The van der Waals surface area contributed by atoms with Gasteiger partial charge in [0.05, 0.1) is 11.9 Å². The number of hydrogen-bond donors (Lipinski definition) is 2. The predicted octanol–water partition coefficient (Wildman–Crippen LogP) is -0.652. The van der Waals surface area contributed by atoms with Gasteiger partial charge in [0.25, 0.3) is 0 Å². The molecule has 21 heavy (non-hydrogen) atoms. The van der Waals surface area contributed by atoms with E-state index in [-0.39, 0.29) is 11.7 Å². The van der Waals surface area contributed by atoms with E-state index in [1.165, 1.54) is 18.4 Å². The molecule has 0 amide bonds. The quantitative estimate of drug-likeness (QED) is 0.749. The van der Waals surface area contributed by atoms with Gasteiger partial charge in [-0.15, -0.1) is 0 Å². The van der Waals surface area contributed by atoms with E-state index in [1.54, 1.807) is 6.20 Å². The molecule has 0 spiro atoms. The van der Waals surface area contributed by atoms with Gasteiger partial charge in [-0.2, -0.15) is 0 Å². The second-order valence-electron chi connectivity index (χ2n) is 5.63. The number of sulfonamides is 1.